The zero-order valence-corrected chi connectivity index (χ0v) is 14.2. The van der Waals surface area contributed by atoms with Crippen molar-refractivity contribution in [2.45, 2.75) is 39.4 Å². The molecular formula is C16H18BrClO. The summed E-state index contributed by atoms with van der Waals surface area (Å²) in [6, 6.07) is 3.70. The Kier molecular flexibility index (Phi) is 4.12. The molecule has 0 aliphatic rings. The highest BCUT2D eigenvalue weighted by Crippen LogP contribution is 2.39. The number of alkyl halides is 1. The van der Waals surface area contributed by atoms with Crippen molar-refractivity contribution in [2.24, 2.45) is 0 Å². The van der Waals surface area contributed by atoms with Crippen LogP contribution in [0, 0.1) is 34.6 Å². The minimum atomic E-state index is 0.0398. The van der Waals surface area contributed by atoms with Crippen molar-refractivity contribution in [3.8, 4) is 0 Å². The molecule has 0 fully saturated rings. The standard InChI is InChI=1S/C16H18BrClO/c1-8-9(2)11(4)15(12(5)10(8)3)16(17)13-6-7-14(18)19-13/h6-7,16H,1-5H3. The number of rotatable bonds is 2. The maximum Gasteiger partial charge on any atom is 0.193 e. The van der Waals surface area contributed by atoms with Crippen molar-refractivity contribution in [1.82, 2.24) is 0 Å². The third-order valence-electron chi connectivity index (χ3n) is 4.16. The summed E-state index contributed by atoms with van der Waals surface area (Å²) in [6.07, 6.45) is 0. The van der Waals surface area contributed by atoms with Crippen LogP contribution in [-0.2, 0) is 0 Å². The first-order chi connectivity index (χ1) is 8.84. The Hall–Kier alpha value is -0.730. The van der Waals surface area contributed by atoms with Crippen molar-refractivity contribution >= 4 is 27.5 Å². The summed E-state index contributed by atoms with van der Waals surface area (Å²) in [5.41, 5.74) is 7.98. The lowest BCUT2D eigenvalue weighted by Crippen LogP contribution is -2.05. The van der Waals surface area contributed by atoms with Crippen molar-refractivity contribution in [3.05, 3.63) is 56.5 Å². The van der Waals surface area contributed by atoms with Crippen molar-refractivity contribution < 1.29 is 4.42 Å². The molecule has 0 spiro atoms. The molecule has 0 N–H and O–H groups in total. The molecule has 1 aromatic heterocycles. The van der Waals surface area contributed by atoms with Crippen LogP contribution in [0.1, 0.15) is 44.0 Å². The van der Waals surface area contributed by atoms with Crippen LogP contribution in [0.2, 0.25) is 5.22 Å². The first-order valence-corrected chi connectivity index (χ1v) is 7.60. The zero-order valence-electron chi connectivity index (χ0n) is 11.9. The third-order valence-corrected chi connectivity index (χ3v) is 5.27. The normalized spacial score (nSPS) is 12.8. The smallest absolute Gasteiger partial charge is 0.193 e. The molecule has 1 atom stereocenters. The molecule has 102 valence electrons. The predicted octanol–water partition coefficient (Wildman–Crippen LogP) is 5.96. The van der Waals surface area contributed by atoms with Crippen LogP contribution in [0.3, 0.4) is 0 Å². The summed E-state index contributed by atoms with van der Waals surface area (Å²) in [5, 5.41) is 0.426. The lowest BCUT2D eigenvalue weighted by Gasteiger charge is -2.21. The van der Waals surface area contributed by atoms with Crippen molar-refractivity contribution in [2.75, 3.05) is 0 Å². The van der Waals surface area contributed by atoms with Crippen LogP contribution >= 0.6 is 27.5 Å². The Morgan fingerprint density at radius 3 is 1.79 bits per heavy atom. The molecule has 1 aromatic carbocycles. The lowest BCUT2D eigenvalue weighted by atomic mass is 9.88. The van der Waals surface area contributed by atoms with Gasteiger partial charge in [-0.15, -0.1) is 0 Å². The molecule has 0 amide bonds. The fourth-order valence-corrected chi connectivity index (χ4v) is 3.60. The number of hydrogen-bond acceptors (Lipinski definition) is 1. The van der Waals surface area contributed by atoms with Crippen LogP contribution in [0.4, 0.5) is 0 Å². The number of benzene rings is 1. The Balaban J connectivity index is 2.63. The zero-order chi connectivity index (χ0) is 14.3. The van der Waals surface area contributed by atoms with Gasteiger partial charge in [0.15, 0.2) is 5.22 Å². The summed E-state index contributed by atoms with van der Waals surface area (Å²) in [7, 11) is 0. The van der Waals surface area contributed by atoms with Crippen LogP contribution < -0.4 is 0 Å². The monoisotopic (exact) mass is 340 g/mol. The van der Waals surface area contributed by atoms with E-state index < -0.39 is 0 Å². The van der Waals surface area contributed by atoms with Gasteiger partial charge in [-0.2, -0.15) is 0 Å². The Morgan fingerprint density at radius 1 is 0.895 bits per heavy atom. The van der Waals surface area contributed by atoms with Crippen molar-refractivity contribution in [3.63, 3.8) is 0 Å². The second-order valence-electron chi connectivity index (χ2n) is 5.04. The number of furan rings is 1. The van der Waals surface area contributed by atoms with E-state index in [4.69, 9.17) is 16.0 Å². The quantitative estimate of drug-likeness (QED) is 0.614. The minimum Gasteiger partial charge on any atom is -0.448 e. The molecule has 0 radical (unpaired) electrons. The highest BCUT2D eigenvalue weighted by Gasteiger charge is 2.22. The van der Waals surface area contributed by atoms with E-state index in [1.807, 2.05) is 6.07 Å². The first-order valence-electron chi connectivity index (χ1n) is 6.30. The van der Waals surface area contributed by atoms with Gasteiger partial charge in [-0.1, -0.05) is 15.9 Å². The number of halogens is 2. The van der Waals surface area contributed by atoms with E-state index in [9.17, 15) is 0 Å². The SMILES string of the molecule is Cc1c(C)c(C)c(C(Br)c2ccc(Cl)o2)c(C)c1C. The van der Waals surface area contributed by atoms with E-state index in [1.165, 1.54) is 33.4 Å². The summed E-state index contributed by atoms with van der Waals surface area (Å²) in [5.74, 6) is 0.846. The molecule has 0 bridgehead atoms. The highest BCUT2D eigenvalue weighted by atomic mass is 79.9. The Labute approximate surface area is 128 Å². The summed E-state index contributed by atoms with van der Waals surface area (Å²) in [4.78, 5) is 0.0398. The van der Waals surface area contributed by atoms with Gasteiger partial charge in [-0.3, -0.25) is 0 Å². The molecule has 0 aliphatic heterocycles. The summed E-state index contributed by atoms with van der Waals surface area (Å²) in [6.45, 7) is 10.9. The maximum atomic E-state index is 5.87. The van der Waals surface area contributed by atoms with Gasteiger partial charge < -0.3 is 4.42 Å². The van der Waals surface area contributed by atoms with Gasteiger partial charge in [0, 0.05) is 0 Å². The van der Waals surface area contributed by atoms with Crippen LogP contribution in [-0.4, -0.2) is 0 Å². The van der Waals surface area contributed by atoms with E-state index in [0.29, 0.717) is 5.22 Å². The highest BCUT2D eigenvalue weighted by molar-refractivity contribution is 9.09. The van der Waals surface area contributed by atoms with Gasteiger partial charge in [-0.25, -0.2) is 0 Å². The van der Waals surface area contributed by atoms with Gasteiger partial charge in [0.25, 0.3) is 0 Å². The van der Waals surface area contributed by atoms with E-state index in [1.54, 1.807) is 6.07 Å². The summed E-state index contributed by atoms with van der Waals surface area (Å²) >= 11 is 9.62. The summed E-state index contributed by atoms with van der Waals surface area (Å²) < 4.78 is 5.54. The maximum absolute atomic E-state index is 5.87. The predicted molar refractivity (Wildman–Crippen MR) is 84.6 cm³/mol. The Morgan fingerprint density at radius 2 is 1.37 bits per heavy atom. The molecule has 1 nitrogen and oxygen atoms in total. The molecule has 0 saturated carbocycles. The van der Waals surface area contributed by atoms with Crippen molar-refractivity contribution in [1.29, 1.82) is 0 Å². The fraction of sp³-hybridized carbons (Fsp3) is 0.375. The molecule has 1 unspecified atom stereocenters. The molecule has 2 rings (SSSR count). The van der Waals surface area contributed by atoms with E-state index in [-0.39, 0.29) is 4.83 Å². The minimum absolute atomic E-state index is 0.0398. The number of hydrogen-bond donors (Lipinski definition) is 0. The Bertz CT molecular complexity index is 599. The molecule has 0 saturated heterocycles. The van der Waals surface area contributed by atoms with Gasteiger partial charge >= 0.3 is 0 Å². The van der Waals surface area contributed by atoms with E-state index in [2.05, 4.69) is 50.5 Å². The third kappa shape index (κ3) is 2.48. The molecule has 2 aromatic rings. The van der Waals surface area contributed by atoms with Crippen LogP contribution in [0.25, 0.3) is 0 Å². The van der Waals surface area contributed by atoms with Crippen LogP contribution in [0.15, 0.2) is 16.5 Å². The molecular weight excluding hydrogens is 324 g/mol. The second kappa shape index (κ2) is 5.34. The average Bonchev–Trinajstić information content (AvgIpc) is 2.81. The van der Waals surface area contributed by atoms with Gasteiger partial charge in [-0.05, 0) is 91.7 Å². The van der Waals surface area contributed by atoms with Gasteiger partial charge in [0.1, 0.15) is 5.76 Å². The molecule has 3 heteroatoms. The fourth-order valence-electron chi connectivity index (χ4n) is 2.52. The molecule has 0 aliphatic carbocycles. The van der Waals surface area contributed by atoms with Gasteiger partial charge in [0.05, 0.1) is 4.83 Å². The van der Waals surface area contributed by atoms with E-state index >= 15 is 0 Å². The largest absolute Gasteiger partial charge is 0.448 e. The topological polar surface area (TPSA) is 13.1 Å². The van der Waals surface area contributed by atoms with Crippen LogP contribution in [0.5, 0.6) is 0 Å². The molecule has 1 heterocycles. The average molecular weight is 342 g/mol. The molecule has 19 heavy (non-hydrogen) atoms. The van der Waals surface area contributed by atoms with E-state index in [0.717, 1.165) is 5.76 Å². The lowest BCUT2D eigenvalue weighted by molar-refractivity contribution is 0.521. The first kappa shape index (κ1) is 14.7. The second-order valence-corrected chi connectivity index (χ2v) is 6.33. The van der Waals surface area contributed by atoms with Gasteiger partial charge in [0.2, 0.25) is 0 Å².